The molecule has 0 saturated carbocycles. The molecule has 198 valence electrons. The van der Waals surface area contributed by atoms with Crippen LogP contribution in [0.15, 0.2) is 115 Å². The van der Waals surface area contributed by atoms with Gasteiger partial charge in [0.25, 0.3) is 5.91 Å². The molecule has 40 heavy (non-hydrogen) atoms. The maximum absolute atomic E-state index is 13.2. The highest BCUT2D eigenvalue weighted by atomic mass is 35.5. The highest BCUT2D eigenvalue weighted by Crippen LogP contribution is 2.38. The van der Waals surface area contributed by atoms with Crippen molar-refractivity contribution in [1.82, 2.24) is 0 Å². The largest absolute Gasteiger partial charge is 0.488 e. The van der Waals surface area contributed by atoms with E-state index < -0.39 is 11.9 Å². The number of ether oxygens (including phenoxy) is 1. The average Bonchev–Trinajstić information content (AvgIpc) is 2.97. The van der Waals surface area contributed by atoms with Gasteiger partial charge in [-0.2, -0.15) is 0 Å². The van der Waals surface area contributed by atoms with E-state index in [1.165, 1.54) is 12.1 Å². The van der Waals surface area contributed by atoms with E-state index in [0.29, 0.717) is 34.2 Å². The van der Waals surface area contributed by atoms with Gasteiger partial charge in [0.05, 0.1) is 16.1 Å². The van der Waals surface area contributed by atoms with Crippen molar-refractivity contribution in [2.75, 3.05) is 5.32 Å². The molecule has 0 aliphatic rings. The smallest absolute Gasteiger partial charge is 0.336 e. The van der Waals surface area contributed by atoms with Gasteiger partial charge in [-0.3, -0.25) is 4.79 Å². The third kappa shape index (κ3) is 6.01. The van der Waals surface area contributed by atoms with Crippen LogP contribution in [0.2, 0.25) is 10.0 Å². The van der Waals surface area contributed by atoms with Gasteiger partial charge in [0.1, 0.15) is 12.4 Å². The van der Waals surface area contributed by atoms with Crippen LogP contribution < -0.4 is 10.1 Å². The van der Waals surface area contributed by atoms with E-state index in [0.717, 1.165) is 16.7 Å². The molecule has 0 aliphatic heterocycles. The highest BCUT2D eigenvalue weighted by molar-refractivity contribution is 6.37. The number of amides is 1. The number of para-hydroxylation sites is 1. The highest BCUT2D eigenvalue weighted by Gasteiger charge is 2.19. The van der Waals surface area contributed by atoms with Crippen LogP contribution in [0.25, 0.3) is 22.3 Å². The zero-order valence-corrected chi connectivity index (χ0v) is 22.6. The minimum absolute atomic E-state index is 0.105. The van der Waals surface area contributed by atoms with Crippen molar-refractivity contribution < 1.29 is 19.4 Å². The van der Waals surface area contributed by atoms with Gasteiger partial charge < -0.3 is 15.2 Å². The van der Waals surface area contributed by atoms with Gasteiger partial charge in [-0.25, -0.2) is 4.79 Å². The Balaban J connectivity index is 1.57. The molecule has 0 bridgehead atoms. The summed E-state index contributed by atoms with van der Waals surface area (Å²) >= 11 is 12.3. The lowest BCUT2D eigenvalue weighted by Gasteiger charge is -2.17. The Kier molecular flexibility index (Phi) is 8.15. The Morgan fingerprint density at radius 2 is 1.40 bits per heavy atom. The standard InChI is InChI=1S/C33H23Cl2NO4/c34-23-15-16-27(29(35)19-23)32(37)36-30-17-14-22(18-28(30)25-11-4-5-12-26(25)33(38)39)24-10-6-7-13-31(24)40-20-21-8-2-1-3-9-21/h1-19H,20H2,(H,36,37)(H,38,39). The van der Waals surface area contributed by atoms with Gasteiger partial charge in [-0.1, -0.05) is 96.0 Å². The van der Waals surface area contributed by atoms with Crippen LogP contribution in [0.4, 0.5) is 5.69 Å². The molecule has 7 heteroatoms. The number of rotatable bonds is 8. The van der Waals surface area contributed by atoms with Crippen LogP contribution in [-0.4, -0.2) is 17.0 Å². The third-order valence-corrected chi connectivity index (χ3v) is 6.87. The summed E-state index contributed by atoms with van der Waals surface area (Å²) in [6, 6.07) is 34.2. The number of carboxylic acids is 1. The summed E-state index contributed by atoms with van der Waals surface area (Å²) in [5, 5.41) is 13.4. The second kappa shape index (κ2) is 12.1. The Hall–Kier alpha value is -4.58. The average molecular weight is 568 g/mol. The molecule has 0 unspecified atom stereocenters. The third-order valence-electron chi connectivity index (χ3n) is 6.33. The van der Waals surface area contributed by atoms with E-state index in [1.54, 1.807) is 36.4 Å². The number of benzene rings is 5. The van der Waals surface area contributed by atoms with Gasteiger partial charge in [-0.15, -0.1) is 0 Å². The molecule has 5 rings (SSSR count). The Labute approximate surface area is 241 Å². The first kappa shape index (κ1) is 27.0. The van der Waals surface area contributed by atoms with E-state index in [9.17, 15) is 14.7 Å². The molecule has 5 nitrogen and oxygen atoms in total. The van der Waals surface area contributed by atoms with Crippen molar-refractivity contribution in [1.29, 1.82) is 0 Å². The lowest BCUT2D eigenvalue weighted by Crippen LogP contribution is -2.13. The molecule has 0 aliphatic carbocycles. The van der Waals surface area contributed by atoms with Crippen LogP contribution in [0.1, 0.15) is 26.3 Å². The van der Waals surface area contributed by atoms with Gasteiger partial charge in [0.15, 0.2) is 0 Å². The van der Waals surface area contributed by atoms with E-state index >= 15 is 0 Å². The summed E-state index contributed by atoms with van der Waals surface area (Å²) in [6.45, 7) is 0.391. The van der Waals surface area contributed by atoms with E-state index in [2.05, 4.69) is 5.32 Å². The summed E-state index contributed by atoms with van der Waals surface area (Å²) in [6.07, 6.45) is 0. The molecule has 0 saturated heterocycles. The van der Waals surface area contributed by atoms with E-state index in [1.807, 2.05) is 66.7 Å². The van der Waals surface area contributed by atoms with Crippen molar-refractivity contribution in [3.05, 3.63) is 142 Å². The van der Waals surface area contributed by atoms with Gasteiger partial charge in [0, 0.05) is 21.8 Å². The Morgan fingerprint density at radius 3 is 2.15 bits per heavy atom. The first-order valence-electron chi connectivity index (χ1n) is 12.4. The molecule has 0 aromatic heterocycles. The van der Waals surface area contributed by atoms with Crippen LogP contribution >= 0.6 is 23.2 Å². The number of carbonyl (C=O) groups is 2. The summed E-state index contributed by atoms with van der Waals surface area (Å²) < 4.78 is 6.17. The van der Waals surface area contributed by atoms with Crippen molar-refractivity contribution in [3.8, 4) is 28.0 Å². The number of nitrogens with one attached hydrogen (secondary N) is 1. The number of carboxylic acid groups (broad SMARTS) is 1. The molecule has 0 radical (unpaired) electrons. The molecule has 1 amide bonds. The van der Waals surface area contributed by atoms with Gasteiger partial charge in [-0.05, 0) is 59.2 Å². The predicted octanol–water partition coefficient (Wildman–Crippen LogP) is 8.86. The minimum atomic E-state index is -1.08. The van der Waals surface area contributed by atoms with Gasteiger partial charge in [0.2, 0.25) is 0 Å². The second-order valence-electron chi connectivity index (χ2n) is 8.96. The number of hydrogen-bond acceptors (Lipinski definition) is 3. The van der Waals surface area contributed by atoms with Crippen molar-refractivity contribution in [2.45, 2.75) is 6.61 Å². The number of carbonyl (C=O) groups excluding carboxylic acids is 1. The number of halogens is 2. The van der Waals surface area contributed by atoms with Crippen molar-refractivity contribution in [2.24, 2.45) is 0 Å². The van der Waals surface area contributed by atoms with E-state index in [4.69, 9.17) is 27.9 Å². The number of hydrogen-bond donors (Lipinski definition) is 2. The molecule has 0 spiro atoms. The Morgan fingerprint density at radius 1 is 0.700 bits per heavy atom. The first-order valence-corrected chi connectivity index (χ1v) is 13.2. The number of aromatic carboxylic acids is 1. The first-order chi connectivity index (χ1) is 19.4. The molecule has 5 aromatic rings. The van der Waals surface area contributed by atoms with Crippen molar-refractivity contribution in [3.63, 3.8) is 0 Å². The fourth-order valence-electron chi connectivity index (χ4n) is 4.38. The van der Waals surface area contributed by atoms with Gasteiger partial charge >= 0.3 is 5.97 Å². The zero-order chi connectivity index (χ0) is 28.1. The van der Waals surface area contributed by atoms with Crippen LogP contribution in [0, 0.1) is 0 Å². The minimum Gasteiger partial charge on any atom is -0.488 e. The van der Waals surface area contributed by atoms with E-state index in [-0.39, 0.29) is 16.1 Å². The summed E-state index contributed by atoms with van der Waals surface area (Å²) in [7, 11) is 0. The van der Waals surface area contributed by atoms with Crippen LogP contribution in [-0.2, 0) is 6.61 Å². The molecule has 2 N–H and O–H groups in total. The van der Waals surface area contributed by atoms with Crippen LogP contribution in [0.5, 0.6) is 5.75 Å². The monoisotopic (exact) mass is 567 g/mol. The fraction of sp³-hybridized carbons (Fsp3) is 0.0303. The normalized spacial score (nSPS) is 10.7. The predicted molar refractivity (Wildman–Crippen MR) is 159 cm³/mol. The summed E-state index contributed by atoms with van der Waals surface area (Å²) in [5.74, 6) is -0.853. The lowest BCUT2D eigenvalue weighted by atomic mass is 9.93. The Bertz CT molecular complexity index is 1700. The topological polar surface area (TPSA) is 75.6 Å². The van der Waals surface area contributed by atoms with Crippen molar-refractivity contribution >= 4 is 40.8 Å². The molecule has 0 fully saturated rings. The maximum atomic E-state index is 13.2. The molecule has 5 aromatic carbocycles. The summed E-state index contributed by atoms with van der Waals surface area (Å²) in [5.41, 5.74) is 4.42. The lowest BCUT2D eigenvalue weighted by molar-refractivity contribution is 0.0697. The van der Waals surface area contributed by atoms with Crippen LogP contribution in [0.3, 0.4) is 0 Å². The molecule has 0 atom stereocenters. The zero-order valence-electron chi connectivity index (χ0n) is 21.1. The SMILES string of the molecule is O=C(Nc1ccc(-c2ccccc2OCc2ccccc2)cc1-c1ccccc1C(=O)O)c1ccc(Cl)cc1Cl. The second-order valence-corrected chi connectivity index (χ2v) is 9.80. The fourth-order valence-corrected chi connectivity index (χ4v) is 4.87. The molecule has 0 heterocycles. The molecular weight excluding hydrogens is 545 g/mol. The summed E-state index contributed by atoms with van der Waals surface area (Å²) in [4.78, 5) is 25.3. The number of anilines is 1. The quantitative estimate of drug-likeness (QED) is 0.196. The maximum Gasteiger partial charge on any atom is 0.336 e. The molecular formula is C33H23Cl2NO4.